The van der Waals surface area contributed by atoms with E-state index in [1.807, 2.05) is 42.2 Å². The maximum absolute atomic E-state index is 11.3. The summed E-state index contributed by atoms with van der Waals surface area (Å²) in [4.78, 5) is 13.3. The van der Waals surface area contributed by atoms with E-state index in [4.69, 9.17) is 9.47 Å². The fourth-order valence-electron chi connectivity index (χ4n) is 3.43. The SMILES string of the molecule is COc1cc(CN2CCC(O)C(C(=O)O)C2)ccc1OCc1ccc(C)cc1. The van der Waals surface area contributed by atoms with Crippen molar-refractivity contribution in [2.75, 3.05) is 20.2 Å². The number of aliphatic hydroxyl groups is 1. The molecular weight excluding hydrogens is 358 g/mol. The lowest BCUT2D eigenvalue weighted by molar-refractivity contribution is -0.149. The number of hydrogen-bond donors (Lipinski definition) is 2. The topological polar surface area (TPSA) is 79.2 Å². The van der Waals surface area contributed by atoms with Gasteiger partial charge < -0.3 is 19.7 Å². The molecule has 1 aliphatic rings. The Balaban J connectivity index is 1.64. The molecule has 0 aliphatic carbocycles. The average Bonchev–Trinajstić information content (AvgIpc) is 2.69. The van der Waals surface area contributed by atoms with Crippen LogP contribution in [-0.4, -0.2) is 47.4 Å². The van der Waals surface area contributed by atoms with Crippen molar-refractivity contribution in [2.45, 2.75) is 32.6 Å². The number of carboxylic acid groups (broad SMARTS) is 1. The zero-order valence-electron chi connectivity index (χ0n) is 16.3. The number of hydrogen-bond acceptors (Lipinski definition) is 5. The van der Waals surface area contributed by atoms with E-state index < -0.39 is 18.0 Å². The van der Waals surface area contributed by atoms with Crippen LogP contribution >= 0.6 is 0 Å². The molecule has 0 amide bonds. The first-order chi connectivity index (χ1) is 13.5. The maximum Gasteiger partial charge on any atom is 0.310 e. The lowest BCUT2D eigenvalue weighted by Crippen LogP contribution is -2.46. The van der Waals surface area contributed by atoms with Gasteiger partial charge in [-0.2, -0.15) is 0 Å². The van der Waals surface area contributed by atoms with Crippen LogP contribution in [0.5, 0.6) is 11.5 Å². The Morgan fingerprint density at radius 3 is 2.54 bits per heavy atom. The number of carboxylic acids is 1. The molecule has 2 aromatic rings. The van der Waals surface area contributed by atoms with E-state index in [2.05, 4.69) is 12.1 Å². The number of aliphatic carboxylic acids is 1. The first-order valence-electron chi connectivity index (χ1n) is 9.44. The molecule has 3 rings (SSSR count). The van der Waals surface area contributed by atoms with Gasteiger partial charge >= 0.3 is 5.97 Å². The van der Waals surface area contributed by atoms with Crippen molar-refractivity contribution in [3.63, 3.8) is 0 Å². The minimum Gasteiger partial charge on any atom is -0.493 e. The van der Waals surface area contributed by atoms with Crippen LogP contribution in [0, 0.1) is 12.8 Å². The number of ether oxygens (including phenoxy) is 2. The van der Waals surface area contributed by atoms with Crippen molar-refractivity contribution in [3.8, 4) is 11.5 Å². The molecule has 1 aliphatic heterocycles. The number of likely N-dealkylation sites (tertiary alicyclic amines) is 1. The maximum atomic E-state index is 11.3. The highest BCUT2D eigenvalue weighted by Gasteiger charge is 2.33. The number of methoxy groups -OCH3 is 1. The highest BCUT2D eigenvalue weighted by molar-refractivity contribution is 5.71. The van der Waals surface area contributed by atoms with Crippen LogP contribution in [0.25, 0.3) is 0 Å². The number of rotatable bonds is 7. The first kappa shape index (κ1) is 20.2. The van der Waals surface area contributed by atoms with Gasteiger partial charge in [-0.1, -0.05) is 35.9 Å². The minimum atomic E-state index is -0.949. The number of benzene rings is 2. The van der Waals surface area contributed by atoms with Gasteiger partial charge in [0.25, 0.3) is 0 Å². The molecule has 0 spiro atoms. The molecule has 6 nitrogen and oxygen atoms in total. The van der Waals surface area contributed by atoms with E-state index in [-0.39, 0.29) is 0 Å². The Bertz CT molecular complexity index is 805. The van der Waals surface area contributed by atoms with Gasteiger partial charge in [-0.05, 0) is 36.6 Å². The van der Waals surface area contributed by atoms with Gasteiger partial charge in [0.05, 0.1) is 19.1 Å². The smallest absolute Gasteiger partial charge is 0.310 e. The Morgan fingerprint density at radius 2 is 1.86 bits per heavy atom. The van der Waals surface area contributed by atoms with Gasteiger partial charge in [-0.3, -0.25) is 9.69 Å². The van der Waals surface area contributed by atoms with Crippen LogP contribution in [0.3, 0.4) is 0 Å². The van der Waals surface area contributed by atoms with Crippen LogP contribution in [0.15, 0.2) is 42.5 Å². The van der Waals surface area contributed by atoms with Gasteiger partial charge in [0, 0.05) is 19.6 Å². The van der Waals surface area contributed by atoms with Crippen molar-refractivity contribution in [2.24, 2.45) is 5.92 Å². The largest absolute Gasteiger partial charge is 0.493 e. The van der Waals surface area contributed by atoms with Crippen molar-refractivity contribution in [1.82, 2.24) is 4.90 Å². The Labute approximate surface area is 165 Å². The Morgan fingerprint density at radius 1 is 1.14 bits per heavy atom. The predicted molar refractivity (Wildman–Crippen MR) is 106 cm³/mol. The molecule has 1 saturated heterocycles. The van der Waals surface area contributed by atoms with Crippen LogP contribution in [0.1, 0.15) is 23.1 Å². The lowest BCUT2D eigenvalue weighted by Gasteiger charge is -2.34. The second kappa shape index (κ2) is 9.08. The summed E-state index contributed by atoms with van der Waals surface area (Å²) in [6.07, 6.45) is -0.313. The summed E-state index contributed by atoms with van der Waals surface area (Å²) in [5.41, 5.74) is 3.31. The molecule has 6 heteroatoms. The fraction of sp³-hybridized carbons (Fsp3) is 0.409. The Kier molecular flexibility index (Phi) is 6.54. The number of aliphatic hydroxyl groups excluding tert-OH is 1. The third kappa shape index (κ3) is 5.03. The number of nitrogens with zero attached hydrogens (tertiary/aromatic N) is 1. The second-order valence-electron chi connectivity index (χ2n) is 7.30. The average molecular weight is 385 g/mol. The minimum absolute atomic E-state index is 0.338. The second-order valence-corrected chi connectivity index (χ2v) is 7.30. The van der Waals surface area contributed by atoms with Crippen molar-refractivity contribution < 1.29 is 24.5 Å². The molecule has 2 N–H and O–H groups in total. The van der Waals surface area contributed by atoms with Gasteiger partial charge in [0.15, 0.2) is 11.5 Å². The summed E-state index contributed by atoms with van der Waals surface area (Å²) >= 11 is 0. The van der Waals surface area contributed by atoms with Crippen LogP contribution in [-0.2, 0) is 17.9 Å². The van der Waals surface area contributed by atoms with E-state index in [1.165, 1.54) is 5.56 Å². The standard InChI is InChI=1S/C22H27NO5/c1-15-3-5-16(6-4-15)14-28-20-8-7-17(11-21(20)27-2)12-23-10-9-19(24)18(13-23)22(25)26/h3-8,11,18-19,24H,9-10,12-14H2,1-2H3,(H,25,26). The molecule has 0 radical (unpaired) electrons. The number of carbonyl (C=O) groups is 1. The zero-order valence-corrected chi connectivity index (χ0v) is 16.3. The molecular formula is C22H27NO5. The molecule has 28 heavy (non-hydrogen) atoms. The van der Waals surface area contributed by atoms with Gasteiger partial charge in [-0.25, -0.2) is 0 Å². The highest BCUT2D eigenvalue weighted by Crippen LogP contribution is 2.30. The van der Waals surface area contributed by atoms with E-state index in [9.17, 15) is 15.0 Å². The quantitative estimate of drug-likeness (QED) is 0.763. The van der Waals surface area contributed by atoms with Crippen molar-refractivity contribution in [1.29, 1.82) is 0 Å². The molecule has 2 atom stereocenters. The van der Waals surface area contributed by atoms with Gasteiger partial charge in [0.1, 0.15) is 6.61 Å². The fourth-order valence-corrected chi connectivity index (χ4v) is 3.43. The van der Waals surface area contributed by atoms with E-state index in [1.54, 1.807) is 7.11 Å². The van der Waals surface area contributed by atoms with Crippen molar-refractivity contribution >= 4 is 5.97 Å². The summed E-state index contributed by atoms with van der Waals surface area (Å²) in [5, 5.41) is 19.1. The summed E-state index contributed by atoms with van der Waals surface area (Å²) in [6, 6.07) is 14.0. The number of aryl methyl sites for hydroxylation is 1. The van der Waals surface area contributed by atoms with E-state index in [0.29, 0.717) is 44.2 Å². The zero-order chi connectivity index (χ0) is 20.1. The molecule has 1 heterocycles. The summed E-state index contributed by atoms with van der Waals surface area (Å²) in [5.74, 6) is -0.372. The monoisotopic (exact) mass is 385 g/mol. The summed E-state index contributed by atoms with van der Waals surface area (Å²) < 4.78 is 11.4. The summed E-state index contributed by atoms with van der Waals surface area (Å²) in [6.45, 7) is 4.11. The van der Waals surface area contributed by atoms with E-state index in [0.717, 1.165) is 11.1 Å². The normalized spacial score (nSPS) is 20.0. The third-order valence-electron chi connectivity index (χ3n) is 5.13. The lowest BCUT2D eigenvalue weighted by atomic mass is 9.94. The molecule has 150 valence electrons. The van der Waals surface area contributed by atoms with E-state index >= 15 is 0 Å². The highest BCUT2D eigenvalue weighted by atomic mass is 16.5. The van der Waals surface area contributed by atoms with Gasteiger partial charge in [0.2, 0.25) is 0 Å². The molecule has 0 bridgehead atoms. The molecule has 2 unspecified atom stereocenters. The molecule has 1 fully saturated rings. The predicted octanol–water partition coefficient (Wildman–Crippen LogP) is 2.85. The van der Waals surface area contributed by atoms with Crippen molar-refractivity contribution in [3.05, 3.63) is 59.2 Å². The van der Waals surface area contributed by atoms with Crippen LogP contribution in [0.2, 0.25) is 0 Å². The number of piperidine rings is 1. The van der Waals surface area contributed by atoms with Crippen LogP contribution < -0.4 is 9.47 Å². The molecule has 0 aromatic heterocycles. The molecule has 0 saturated carbocycles. The third-order valence-corrected chi connectivity index (χ3v) is 5.13. The first-order valence-corrected chi connectivity index (χ1v) is 9.44. The summed E-state index contributed by atoms with van der Waals surface area (Å²) in [7, 11) is 1.61. The van der Waals surface area contributed by atoms with Crippen LogP contribution in [0.4, 0.5) is 0 Å². The van der Waals surface area contributed by atoms with Gasteiger partial charge in [-0.15, -0.1) is 0 Å². The Hall–Kier alpha value is -2.57. The molecule has 2 aromatic carbocycles.